The first-order valence-electron chi connectivity index (χ1n) is 7.70. The van der Waals surface area contributed by atoms with Crippen molar-refractivity contribution in [3.8, 4) is 17.2 Å². The summed E-state index contributed by atoms with van der Waals surface area (Å²) in [6.07, 6.45) is 0. The number of hydrogen-bond donors (Lipinski definition) is 1. The minimum Gasteiger partial charge on any atom is -0.493 e. The maximum Gasteiger partial charge on any atom is 0.243 e. The maximum absolute atomic E-state index is 12.4. The first-order valence-corrected chi connectivity index (χ1v) is 7.70. The van der Waals surface area contributed by atoms with E-state index in [4.69, 9.17) is 14.2 Å². The lowest BCUT2D eigenvalue weighted by Gasteiger charge is -2.30. The van der Waals surface area contributed by atoms with Crippen LogP contribution in [-0.4, -0.2) is 39.8 Å². The molecule has 1 N–H and O–H groups in total. The first kappa shape index (κ1) is 16.0. The van der Waals surface area contributed by atoms with Crippen LogP contribution >= 0.6 is 0 Å². The van der Waals surface area contributed by atoms with Gasteiger partial charge in [0, 0.05) is 11.8 Å². The zero-order valence-electron chi connectivity index (χ0n) is 13.7. The second-order valence-corrected chi connectivity index (χ2v) is 5.36. The second kappa shape index (κ2) is 7.12. The fourth-order valence-corrected chi connectivity index (χ4v) is 2.68. The molecule has 0 atom stereocenters. The molecule has 0 unspecified atom stereocenters. The lowest BCUT2D eigenvalue weighted by atomic mass is 10.2. The Balaban J connectivity index is 1.69. The zero-order valence-corrected chi connectivity index (χ0v) is 13.7. The Morgan fingerprint density at radius 1 is 1.17 bits per heavy atom. The molecule has 0 aliphatic carbocycles. The number of fused-ring (bicyclic) bond motifs is 1. The summed E-state index contributed by atoms with van der Waals surface area (Å²) in [6, 6.07) is 13.0. The number of carbonyl (C=O) groups excluding carboxylic acids is 1. The summed E-state index contributed by atoms with van der Waals surface area (Å²) in [6.45, 7) is 1.51. The topological polar surface area (TPSA) is 60.0 Å². The van der Waals surface area contributed by atoms with E-state index >= 15 is 0 Å². The average molecular weight is 328 g/mol. The smallest absolute Gasteiger partial charge is 0.243 e. The highest BCUT2D eigenvalue weighted by Crippen LogP contribution is 2.31. The quantitative estimate of drug-likeness (QED) is 0.914. The van der Waals surface area contributed by atoms with Crippen molar-refractivity contribution in [3.63, 3.8) is 0 Å². The normalized spacial score (nSPS) is 12.8. The third kappa shape index (κ3) is 3.37. The SMILES string of the molecule is COc1ccc(NC(=O)CN2CCOc3ccccc32)cc1OC. The van der Waals surface area contributed by atoms with E-state index in [9.17, 15) is 4.79 Å². The Labute approximate surface area is 140 Å². The molecule has 1 amide bonds. The van der Waals surface area contributed by atoms with Gasteiger partial charge in [-0.15, -0.1) is 0 Å². The number of methoxy groups -OCH3 is 2. The van der Waals surface area contributed by atoms with Crippen LogP contribution in [0.2, 0.25) is 0 Å². The van der Waals surface area contributed by atoms with Gasteiger partial charge in [-0.2, -0.15) is 0 Å². The summed E-state index contributed by atoms with van der Waals surface area (Å²) in [7, 11) is 3.14. The third-order valence-corrected chi connectivity index (χ3v) is 3.83. The molecule has 3 rings (SSSR count). The van der Waals surface area contributed by atoms with Gasteiger partial charge in [0.15, 0.2) is 11.5 Å². The van der Waals surface area contributed by atoms with Crippen LogP contribution < -0.4 is 24.4 Å². The summed E-state index contributed by atoms with van der Waals surface area (Å²) in [5, 5.41) is 2.89. The molecule has 0 saturated carbocycles. The average Bonchev–Trinajstić information content (AvgIpc) is 2.62. The molecule has 1 aliphatic rings. The molecule has 2 aromatic carbocycles. The number of anilines is 2. The van der Waals surface area contributed by atoms with Crippen molar-refractivity contribution in [3.05, 3.63) is 42.5 Å². The van der Waals surface area contributed by atoms with Crippen molar-refractivity contribution in [1.82, 2.24) is 0 Å². The van der Waals surface area contributed by atoms with Crippen LogP contribution in [0, 0.1) is 0 Å². The predicted octanol–water partition coefficient (Wildman–Crippen LogP) is 2.54. The van der Waals surface area contributed by atoms with Crippen LogP contribution in [0.4, 0.5) is 11.4 Å². The van der Waals surface area contributed by atoms with Gasteiger partial charge in [-0.05, 0) is 24.3 Å². The van der Waals surface area contributed by atoms with E-state index < -0.39 is 0 Å². The molecule has 6 nitrogen and oxygen atoms in total. The van der Waals surface area contributed by atoms with Gasteiger partial charge in [-0.3, -0.25) is 4.79 Å². The van der Waals surface area contributed by atoms with Crippen molar-refractivity contribution in [2.24, 2.45) is 0 Å². The van der Waals surface area contributed by atoms with Gasteiger partial charge in [-0.1, -0.05) is 12.1 Å². The monoisotopic (exact) mass is 328 g/mol. The summed E-state index contributed by atoms with van der Waals surface area (Å²) in [5.74, 6) is 1.91. The largest absolute Gasteiger partial charge is 0.493 e. The number of benzene rings is 2. The van der Waals surface area contributed by atoms with E-state index in [1.54, 1.807) is 32.4 Å². The number of hydrogen-bond acceptors (Lipinski definition) is 5. The van der Waals surface area contributed by atoms with E-state index in [1.807, 2.05) is 29.2 Å². The van der Waals surface area contributed by atoms with Crippen LogP contribution in [-0.2, 0) is 4.79 Å². The van der Waals surface area contributed by atoms with Gasteiger partial charge in [-0.25, -0.2) is 0 Å². The van der Waals surface area contributed by atoms with Crippen molar-refractivity contribution in [2.45, 2.75) is 0 Å². The van der Waals surface area contributed by atoms with E-state index in [0.717, 1.165) is 11.4 Å². The number of amides is 1. The molecule has 0 bridgehead atoms. The number of rotatable bonds is 5. The Hall–Kier alpha value is -2.89. The molecule has 0 saturated heterocycles. The van der Waals surface area contributed by atoms with Gasteiger partial charge in [0.25, 0.3) is 0 Å². The highest BCUT2D eigenvalue weighted by Gasteiger charge is 2.20. The van der Waals surface area contributed by atoms with Crippen LogP contribution in [0.3, 0.4) is 0 Å². The minimum atomic E-state index is -0.0982. The summed E-state index contributed by atoms with van der Waals surface area (Å²) in [4.78, 5) is 14.4. The number of nitrogens with one attached hydrogen (secondary N) is 1. The van der Waals surface area contributed by atoms with E-state index in [2.05, 4.69) is 5.32 Å². The molecule has 24 heavy (non-hydrogen) atoms. The van der Waals surface area contributed by atoms with Crippen LogP contribution in [0.5, 0.6) is 17.2 Å². The lowest BCUT2D eigenvalue weighted by Crippen LogP contribution is -2.38. The van der Waals surface area contributed by atoms with E-state index in [1.165, 1.54) is 0 Å². The maximum atomic E-state index is 12.4. The van der Waals surface area contributed by atoms with Crippen molar-refractivity contribution in [2.75, 3.05) is 44.1 Å². The molecule has 0 radical (unpaired) electrons. The van der Waals surface area contributed by atoms with Gasteiger partial charge in [0.1, 0.15) is 12.4 Å². The molecular formula is C18H20N2O4. The Bertz CT molecular complexity index is 733. The summed E-state index contributed by atoms with van der Waals surface area (Å²) >= 11 is 0. The standard InChI is InChI=1S/C18H20N2O4/c1-22-16-8-7-13(11-17(16)23-2)19-18(21)12-20-9-10-24-15-6-4-3-5-14(15)20/h3-8,11H,9-10,12H2,1-2H3,(H,19,21). The van der Waals surface area contributed by atoms with Gasteiger partial charge >= 0.3 is 0 Å². The zero-order chi connectivity index (χ0) is 16.9. The predicted molar refractivity (Wildman–Crippen MR) is 92.3 cm³/mol. The minimum absolute atomic E-state index is 0.0982. The van der Waals surface area contributed by atoms with Crippen LogP contribution in [0.25, 0.3) is 0 Å². The second-order valence-electron chi connectivity index (χ2n) is 5.36. The number of ether oxygens (including phenoxy) is 3. The number of carbonyl (C=O) groups is 1. The molecular weight excluding hydrogens is 308 g/mol. The van der Waals surface area contributed by atoms with Crippen LogP contribution in [0.1, 0.15) is 0 Å². The number of nitrogens with zero attached hydrogens (tertiary/aromatic N) is 1. The molecule has 6 heteroatoms. The molecule has 1 aliphatic heterocycles. The van der Waals surface area contributed by atoms with E-state index in [-0.39, 0.29) is 12.5 Å². The number of para-hydroxylation sites is 2. The molecule has 0 aromatic heterocycles. The van der Waals surface area contributed by atoms with Gasteiger partial charge in [0.2, 0.25) is 5.91 Å². The molecule has 126 valence electrons. The summed E-state index contributed by atoms with van der Waals surface area (Å²) in [5.41, 5.74) is 1.60. The van der Waals surface area contributed by atoms with Crippen molar-refractivity contribution >= 4 is 17.3 Å². The summed E-state index contributed by atoms with van der Waals surface area (Å²) < 4.78 is 16.1. The Kier molecular flexibility index (Phi) is 4.74. The van der Waals surface area contributed by atoms with Crippen molar-refractivity contribution in [1.29, 1.82) is 0 Å². The third-order valence-electron chi connectivity index (χ3n) is 3.83. The van der Waals surface area contributed by atoms with Crippen molar-refractivity contribution < 1.29 is 19.0 Å². The molecule has 0 fully saturated rings. The van der Waals surface area contributed by atoms with Gasteiger partial charge in [0.05, 0.1) is 33.0 Å². The Morgan fingerprint density at radius 3 is 2.75 bits per heavy atom. The fourth-order valence-electron chi connectivity index (χ4n) is 2.68. The lowest BCUT2D eigenvalue weighted by molar-refractivity contribution is -0.115. The fraction of sp³-hybridized carbons (Fsp3) is 0.278. The van der Waals surface area contributed by atoms with E-state index in [0.29, 0.717) is 30.3 Å². The van der Waals surface area contributed by atoms with Gasteiger partial charge < -0.3 is 24.4 Å². The molecule has 2 aromatic rings. The highest BCUT2D eigenvalue weighted by atomic mass is 16.5. The van der Waals surface area contributed by atoms with Crippen LogP contribution in [0.15, 0.2) is 42.5 Å². The Morgan fingerprint density at radius 2 is 1.96 bits per heavy atom. The molecule has 0 spiro atoms. The highest BCUT2D eigenvalue weighted by molar-refractivity contribution is 5.94. The molecule has 1 heterocycles. The first-order chi connectivity index (χ1) is 11.7.